The molecule has 0 spiro atoms. The van der Waals surface area contributed by atoms with Crippen molar-refractivity contribution >= 4 is 33.8 Å². The van der Waals surface area contributed by atoms with Crippen LogP contribution in [0.25, 0.3) is 10.6 Å². The zero-order chi connectivity index (χ0) is 25.0. The van der Waals surface area contributed by atoms with E-state index in [1.807, 2.05) is 0 Å². The van der Waals surface area contributed by atoms with Crippen LogP contribution in [0.4, 0.5) is 34.1 Å². The van der Waals surface area contributed by atoms with Crippen molar-refractivity contribution in [2.75, 3.05) is 29.0 Å². The zero-order valence-electron chi connectivity index (χ0n) is 17.9. The van der Waals surface area contributed by atoms with E-state index in [4.69, 9.17) is 11.0 Å². The normalized spacial score (nSPS) is 15.2. The summed E-state index contributed by atoms with van der Waals surface area (Å²) in [7, 11) is 1.58. The molecule has 0 aromatic carbocycles. The maximum Gasteiger partial charge on any atom is 0.277 e. The van der Waals surface area contributed by atoms with Gasteiger partial charge in [0.05, 0.1) is 30.7 Å². The number of aryl methyl sites for hydroxylation is 1. The average molecular weight is 496 g/mol. The van der Waals surface area contributed by atoms with Crippen molar-refractivity contribution in [2.45, 2.75) is 25.2 Å². The van der Waals surface area contributed by atoms with Gasteiger partial charge in [0.1, 0.15) is 15.7 Å². The summed E-state index contributed by atoms with van der Waals surface area (Å²) in [6.45, 7) is 3.38. The molecule has 4 rings (SSSR count). The molecule has 1 fully saturated rings. The third kappa shape index (κ3) is 5.09. The highest BCUT2D eigenvalue weighted by Gasteiger charge is 2.35. The fraction of sp³-hybridized carbons (Fsp3) is 0.350. The van der Waals surface area contributed by atoms with Gasteiger partial charge < -0.3 is 16.0 Å². The van der Waals surface area contributed by atoms with Gasteiger partial charge in [-0.05, 0) is 12.8 Å². The summed E-state index contributed by atoms with van der Waals surface area (Å²) in [5.74, 6) is -5.19. The first-order chi connectivity index (χ1) is 16.2. The molecule has 0 atom stereocenters. The molecule has 0 saturated carbocycles. The van der Waals surface area contributed by atoms with E-state index >= 15 is 0 Å². The highest BCUT2D eigenvalue weighted by Crippen LogP contribution is 2.35. The minimum absolute atomic E-state index is 0.0557. The van der Waals surface area contributed by atoms with Gasteiger partial charge >= 0.3 is 0 Å². The Balaban J connectivity index is 0.00000158. The van der Waals surface area contributed by atoms with Crippen LogP contribution in [-0.4, -0.2) is 44.7 Å². The van der Waals surface area contributed by atoms with Gasteiger partial charge in [0.2, 0.25) is 0 Å². The van der Waals surface area contributed by atoms with Crippen molar-refractivity contribution in [3.63, 3.8) is 0 Å². The summed E-state index contributed by atoms with van der Waals surface area (Å²) in [5, 5.41) is 13.0. The number of nitriles is 1. The number of nitrogens with zero attached hydrogens (tertiary/aromatic N) is 6. The summed E-state index contributed by atoms with van der Waals surface area (Å²) in [4.78, 5) is 21.7. The van der Waals surface area contributed by atoms with Gasteiger partial charge in [-0.2, -0.15) is 5.10 Å². The molecule has 9 nitrogen and oxygen atoms in total. The number of nitrogens with one attached hydrogen (secondary N) is 1. The number of thiazole rings is 1. The Labute approximate surface area is 195 Å². The van der Waals surface area contributed by atoms with Crippen LogP contribution in [0.2, 0.25) is 0 Å². The fourth-order valence-corrected chi connectivity index (χ4v) is 4.47. The number of amides is 1. The number of pyridine rings is 1. The summed E-state index contributed by atoms with van der Waals surface area (Å²) < 4.78 is 57.7. The van der Waals surface area contributed by atoms with Gasteiger partial charge in [-0.25, -0.2) is 27.8 Å². The Hall–Kier alpha value is -3.73. The van der Waals surface area contributed by atoms with Crippen molar-refractivity contribution in [1.29, 1.82) is 5.26 Å². The van der Waals surface area contributed by atoms with E-state index in [0.717, 1.165) is 23.7 Å². The van der Waals surface area contributed by atoms with Crippen molar-refractivity contribution in [3.05, 3.63) is 35.9 Å². The molecule has 3 aromatic heterocycles. The monoisotopic (exact) mass is 496 g/mol. The molecule has 0 aliphatic carbocycles. The quantitative estimate of drug-likeness (QED) is 0.526. The Morgan fingerprint density at radius 1 is 1.24 bits per heavy atom. The average Bonchev–Trinajstić information content (AvgIpc) is 3.28. The Morgan fingerprint density at radius 2 is 1.91 bits per heavy atom. The van der Waals surface area contributed by atoms with Gasteiger partial charge in [-0.1, -0.05) is 11.3 Å². The molecular formula is C20H20F4N8OS. The minimum Gasteiger partial charge on any atom is -0.389 e. The number of halogens is 4. The molecule has 1 saturated heterocycles. The molecule has 14 heteroatoms. The topological polar surface area (TPSA) is 126 Å². The van der Waals surface area contributed by atoms with Crippen LogP contribution in [-0.2, 0) is 7.05 Å². The maximum absolute atomic E-state index is 14.1. The molecule has 0 bridgehead atoms. The van der Waals surface area contributed by atoms with Crippen molar-refractivity contribution in [2.24, 2.45) is 7.05 Å². The number of hydrogen-bond donors (Lipinski definition) is 2. The third-order valence-electron chi connectivity index (χ3n) is 5.03. The van der Waals surface area contributed by atoms with Gasteiger partial charge in [-0.3, -0.25) is 14.5 Å². The van der Waals surface area contributed by atoms with E-state index in [1.54, 1.807) is 7.05 Å². The lowest BCUT2D eigenvalue weighted by molar-refractivity contribution is 0.00330. The van der Waals surface area contributed by atoms with Crippen LogP contribution in [0.3, 0.4) is 0 Å². The van der Waals surface area contributed by atoms with Gasteiger partial charge in [0.25, 0.3) is 11.8 Å². The van der Waals surface area contributed by atoms with Gasteiger partial charge in [0, 0.05) is 26.6 Å². The molecule has 0 radical (unpaired) electrons. The fourth-order valence-electron chi connectivity index (χ4n) is 3.60. The number of nitrogens with two attached hydrogens (primary N) is 1. The van der Waals surface area contributed by atoms with Crippen molar-refractivity contribution < 1.29 is 22.4 Å². The number of nitrogen functional groups attached to an aromatic ring is 1. The molecule has 4 heterocycles. The second kappa shape index (κ2) is 10.0. The molecule has 180 valence electrons. The highest BCUT2D eigenvalue weighted by molar-refractivity contribution is 7.19. The van der Waals surface area contributed by atoms with E-state index in [-0.39, 0.29) is 27.8 Å². The van der Waals surface area contributed by atoms with E-state index < -0.39 is 35.6 Å². The van der Waals surface area contributed by atoms with E-state index in [0.29, 0.717) is 25.2 Å². The predicted octanol–water partition coefficient (Wildman–Crippen LogP) is 3.82. The molecule has 1 aliphatic heterocycles. The van der Waals surface area contributed by atoms with E-state index in [9.17, 15) is 22.4 Å². The number of alkyl halides is 2. The molecule has 1 aliphatic rings. The SMILES string of the molecule is C#N.Cn1ncc(NC(=O)c2nc(-c3c(F)cncc3F)sc2N)c1N1CCCCC(F)(F)C1. The number of rotatable bonds is 4. The van der Waals surface area contributed by atoms with Crippen molar-refractivity contribution in [3.8, 4) is 17.1 Å². The first kappa shape index (κ1) is 24.9. The van der Waals surface area contributed by atoms with Crippen LogP contribution in [0.15, 0.2) is 18.6 Å². The Bertz CT molecular complexity index is 1190. The number of hydrogen-bond acceptors (Lipinski definition) is 8. The number of anilines is 3. The molecule has 3 aromatic rings. The third-order valence-corrected chi connectivity index (χ3v) is 5.94. The zero-order valence-corrected chi connectivity index (χ0v) is 18.8. The Kier molecular flexibility index (Phi) is 7.35. The molecule has 3 N–H and O–H groups in total. The van der Waals surface area contributed by atoms with Crippen LogP contribution in [0, 0.1) is 23.5 Å². The lowest BCUT2D eigenvalue weighted by Crippen LogP contribution is -2.36. The lowest BCUT2D eigenvalue weighted by Gasteiger charge is -2.27. The Morgan fingerprint density at radius 3 is 2.59 bits per heavy atom. The largest absolute Gasteiger partial charge is 0.389 e. The first-order valence-electron chi connectivity index (χ1n) is 9.94. The lowest BCUT2D eigenvalue weighted by atomic mass is 10.2. The van der Waals surface area contributed by atoms with Crippen molar-refractivity contribution in [1.82, 2.24) is 19.7 Å². The van der Waals surface area contributed by atoms with Crippen LogP contribution in [0.1, 0.15) is 29.8 Å². The molecule has 0 unspecified atom stereocenters. The van der Waals surface area contributed by atoms with Crippen LogP contribution in [0.5, 0.6) is 0 Å². The summed E-state index contributed by atoms with van der Waals surface area (Å²) >= 11 is 0.742. The summed E-state index contributed by atoms with van der Waals surface area (Å²) in [5.41, 5.74) is 5.40. The predicted molar refractivity (Wildman–Crippen MR) is 119 cm³/mol. The number of carbonyl (C=O) groups is 1. The van der Waals surface area contributed by atoms with Crippen LogP contribution < -0.4 is 16.0 Å². The van der Waals surface area contributed by atoms with E-state index in [1.165, 1.54) is 15.8 Å². The second-order valence-corrected chi connectivity index (χ2v) is 8.43. The standard InChI is InChI=1S/C19H19F4N7OS.CHN/c1-29-18(30-5-3-2-4-19(22,23)9-30)12(8-26-29)27-16(31)14-15(24)32-17(28-14)13-10(20)6-25-7-11(13)21;1-2/h6-8H,2-5,9,24H2,1H3,(H,27,31);1H. The van der Waals surface area contributed by atoms with Gasteiger partial charge in [0.15, 0.2) is 23.1 Å². The van der Waals surface area contributed by atoms with E-state index in [2.05, 4.69) is 27.0 Å². The number of aromatic nitrogens is 4. The first-order valence-corrected chi connectivity index (χ1v) is 10.8. The van der Waals surface area contributed by atoms with Gasteiger partial charge in [-0.15, -0.1) is 0 Å². The van der Waals surface area contributed by atoms with Crippen LogP contribution >= 0.6 is 11.3 Å². The summed E-state index contributed by atoms with van der Waals surface area (Å²) in [6.07, 6.45) is 3.75. The highest BCUT2D eigenvalue weighted by atomic mass is 32.1. The minimum atomic E-state index is -2.87. The molecule has 34 heavy (non-hydrogen) atoms. The molecule has 1 amide bonds. The summed E-state index contributed by atoms with van der Waals surface area (Å²) in [6, 6.07) is 0. The molecular weight excluding hydrogens is 476 g/mol. The smallest absolute Gasteiger partial charge is 0.277 e. The number of carbonyl (C=O) groups excluding carboxylic acids is 1. The second-order valence-electron chi connectivity index (χ2n) is 7.40. The maximum atomic E-state index is 14.1.